The van der Waals surface area contributed by atoms with E-state index in [1.54, 1.807) is 25.1 Å². The number of benzene rings is 2. The summed E-state index contributed by atoms with van der Waals surface area (Å²) in [7, 11) is -8.15. The number of hydrogen-bond acceptors (Lipinski definition) is 4. The van der Waals surface area contributed by atoms with E-state index in [1.807, 2.05) is 19.9 Å². The first-order valence-corrected chi connectivity index (χ1v) is 12.4. The average Bonchev–Trinajstić information content (AvgIpc) is 2.60. The summed E-state index contributed by atoms with van der Waals surface area (Å²) >= 11 is 0. The molecule has 0 saturated heterocycles. The second kappa shape index (κ2) is 9.38. The fourth-order valence-electron chi connectivity index (χ4n) is 3.72. The molecule has 1 aliphatic carbocycles. The molecule has 8 heteroatoms. The van der Waals surface area contributed by atoms with Gasteiger partial charge >= 0.3 is 0 Å². The summed E-state index contributed by atoms with van der Waals surface area (Å²) < 4.78 is 62.2. The van der Waals surface area contributed by atoms with Crippen molar-refractivity contribution in [2.45, 2.75) is 68.6 Å². The molecule has 0 radical (unpaired) electrons. The van der Waals surface area contributed by atoms with Crippen LogP contribution in [-0.2, 0) is 20.2 Å². The first-order valence-electron chi connectivity index (χ1n) is 9.52. The van der Waals surface area contributed by atoms with Crippen molar-refractivity contribution < 1.29 is 25.9 Å². The van der Waals surface area contributed by atoms with Crippen molar-refractivity contribution in [3.8, 4) is 0 Å². The molecule has 0 spiro atoms. The van der Waals surface area contributed by atoms with Gasteiger partial charge in [-0.1, -0.05) is 54.7 Å². The van der Waals surface area contributed by atoms with Crippen LogP contribution in [0.3, 0.4) is 0 Å². The van der Waals surface area contributed by atoms with Crippen LogP contribution < -0.4 is 0 Å². The third-order valence-corrected chi connectivity index (χ3v) is 7.04. The summed E-state index contributed by atoms with van der Waals surface area (Å²) in [4.78, 5) is 0.0723. The van der Waals surface area contributed by atoms with Gasteiger partial charge in [0.1, 0.15) is 0 Å². The minimum atomic E-state index is -4.10. The van der Waals surface area contributed by atoms with E-state index in [0.29, 0.717) is 5.56 Å². The maximum atomic E-state index is 11.4. The van der Waals surface area contributed by atoms with Gasteiger partial charge in [0, 0.05) is 0 Å². The van der Waals surface area contributed by atoms with Crippen LogP contribution in [0.25, 0.3) is 0 Å². The van der Waals surface area contributed by atoms with Crippen molar-refractivity contribution in [2.24, 2.45) is 0 Å². The molecule has 1 fully saturated rings. The van der Waals surface area contributed by atoms with Crippen LogP contribution in [0.5, 0.6) is 0 Å². The lowest BCUT2D eigenvalue weighted by atomic mass is 9.83. The smallest absolute Gasteiger partial charge is 0.282 e. The Hall–Kier alpha value is -1.74. The van der Waals surface area contributed by atoms with Gasteiger partial charge in [-0.05, 0) is 62.8 Å². The van der Waals surface area contributed by atoms with E-state index in [0.717, 1.165) is 42.4 Å². The number of aryl methyl sites for hydroxylation is 3. The fraction of sp³-hybridized carbons (Fsp3) is 0.429. The van der Waals surface area contributed by atoms with Crippen molar-refractivity contribution in [3.05, 3.63) is 58.7 Å². The first kappa shape index (κ1) is 23.5. The Labute approximate surface area is 173 Å². The Morgan fingerprint density at radius 2 is 1.21 bits per heavy atom. The summed E-state index contributed by atoms with van der Waals surface area (Å²) in [5.74, 6) is 0.278. The molecule has 0 atom stereocenters. The minimum Gasteiger partial charge on any atom is -0.282 e. The molecule has 3 rings (SSSR count). The molecular formula is C21H28O6S2. The van der Waals surface area contributed by atoms with E-state index in [9.17, 15) is 21.4 Å². The third kappa shape index (κ3) is 6.64. The highest BCUT2D eigenvalue weighted by atomic mass is 32.2. The van der Waals surface area contributed by atoms with Crippen LogP contribution in [0, 0.1) is 20.8 Å². The molecule has 0 aromatic heterocycles. The van der Waals surface area contributed by atoms with E-state index in [4.69, 9.17) is 4.55 Å². The van der Waals surface area contributed by atoms with Gasteiger partial charge in [-0.3, -0.25) is 9.11 Å². The van der Waals surface area contributed by atoms with Crippen molar-refractivity contribution in [1.82, 2.24) is 0 Å². The Balaban J connectivity index is 0.000000221. The van der Waals surface area contributed by atoms with Crippen molar-refractivity contribution in [1.29, 1.82) is 0 Å². The van der Waals surface area contributed by atoms with E-state index < -0.39 is 20.2 Å². The van der Waals surface area contributed by atoms with Crippen LogP contribution in [0.1, 0.15) is 60.3 Å². The summed E-state index contributed by atoms with van der Waals surface area (Å²) in [5, 5.41) is 0. The lowest BCUT2D eigenvalue weighted by Gasteiger charge is -2.23. The summed E-state index contributed by atoms with van der Waals surface area (Å²) in [5.41, 5.74) is 3.38. The Morgan fingerprint density at radius 1 is 0.724 bits per heavy atom. The molecule has 0 heterocycles. The highest BCUT2D eigenvalue weighted by molar-refractivity contribution is 7.86. The molecule has 0 unspecified atom stereocenters. The largest absolute Gasteiger partial charge is 0.294 e. The monoisotopic (exact) mass is 440 g/mol. The van der Waals surface area contributed by atoms with Crippen LogP contribution in [0.4, 0.5) is 0 Å². The molecule has 6 nitrogen and oxygen atoms in total. The van der Waals surface area contributed by atoms with Crippen molar-refractivity contribution >= 4 is 20.2 Å². The maximum absolute atomic E-state index is 11.4. The van der Waals surface area contributed by atoms with Crippen LogP contribution in [0.15, 0.2) is 46.2 Å². The van der Waals surface area contributed by atoms with E-state index >= 15 is 0 Å². The number of rotatable bonds is 3. The molecule has 160 valence electrons. The normalized spacial score (nSPS) is 15.5. The van der Waals surface area contributed by atoms with Crippen molar-refractivity contribution in [2.75, 3.05) is 0 Å². The second-order valence-corrected chi connectivity index (χ2v) is 10.4. The van der Waals surface area contributed by atoms with Crippen molar-refractivity contribution in [3.63, 3.8) is 0 Å². The van der Waals surface area contributed by atoms with Gasteiger partial charge in [0.25, 0.3) is 20.2 Å². The molecular weight excluding hydrogens is 412 g/mol. The fourth-order valence-corrected chi connectivity index (χ4v) is 5.19. The van der Waals surface area contributed by atoms with Crippen LogP contribution in [0.2, 0.25) is 0 Å². The Morgan fingerprint density at radius 3 is 1.69 bits per heavy atom. The molecule has 1 aliphatic rings. The average molecular weight is 441 g/mol. The van der Waals surface area contributed by atoms with Crippen LogP contribution >= 0.6 is 0 Å². The zero-order valence-electron chi connectivity index (χ0n) is 16.9. The minimum absolute atomic E-state index is 0.0203. The number of hydrogen-bond donors (Lipinski definition) is 2. The van der Waals surface area contributed by atoms with Gasteiger partial charge in [0.15, 0.2) is 0 Å². The zero-order valence-corrected chi connectivity index (χ0v) is 18.6. The molecule has 0 bridgehead atoms. The molecule has 2 aromatic carbocycles. The Kier molecular flexibility index (Phi) is 7.62. The summed E-state index contributed by atoms with van der Waals surface area (Å²) in [6.45, 7) is 5.46. The molecule has 0 aliphatic heterocycles. The quantitative estimate of drug-likeness (QED) is 0.661. The lowest BCUT2D eigenvalue weighted by Crippen LogP contribution is -2.10. The van der Waals surface area contributed by atoms with Gasteiger partial charge < -0.3 is 0 Å². The molecule has 0 amide bonds. The highest BCUT2D eigenvalue weighted by Crippen LogP contribution is 2.36. The molecule has 29 heavy (non-hydrogen) atoms. The van der Waals surface area contributed by atoms with E-state index in [2.05, 4.69) is 0 Å². The van der Waals surface area contributed by atoms with Gasteiger partial charge in [-0.25, -0.2) is 0 Å². The predicted molar refractivity (Wildman–Crippen MR) is 113 cm³/mol. The SMILES string of the molecule is Cc1ccc(S(=O)(=O)O)c(C)c1.Cc1ccc(S(=O)(=O)O)c(C2CCCCC2)c1. The molecule has 1 saturated carbocycles. The first-order chi connectivity index (χ1) is 13.4. The van der Waals surface area contributed by atoms with Gasteiger partial charge in [0.05, 0.1) is 9.79 Å². The highest BCUT2D eigenvalue weighted by Gasteiger charge is 2.23. The van der Waals surface area contributed by atoms with E-state index in [-0.39, 0.29) is 15.7 Å². The standard InChI is InChI=1S/C13H18O3S.C8H10O3S/c1-10-7-8-13(17(14,15)16)12(9-10)11-5-3-2-4-6-11;1-6-3-4-8(7(2)5-6)12(9,10)11/h7-9,11H,2-6H2,1H3,(H,14,15,16);3-5H,1-2H3,(H,9,10,11). The summed E-state index contributed by atoms with van der Waals surface area (Å²) in [6.07, 6.45) is 5.55. The lowest BCUT2D eigenvalue weighted by molar-refractivity contribution is 0.434. The molecule has 2 aromatic rings. The van der Waals surface area contributed by atoms with Gasteiger partial charge in [0.2, 0.25) is 0 Å². The molecule has 2 N–H and O–H groups in total. The zero-order chi connectivity index (χ0) is 21.8. The maximum Gasteiger partial charge on any atom is 0.294 e. The van der Waals surface area contributed by atoms with Gasteiger partial charge in [-0.15, -0.1) is 0 Å². The van der Waals surface area contributed by atoms with Crippen LogP contribution in [-0.4, -0.2) is 25.9 Å². The van der Waals surface area contributed by atoms with Gasteiger partial charge in [-0.2, -0.15) is 16.8 Å². The third-order valence-electron chi connectivity index (χ3n) is 5.10. The topological polar surface area (TPSA) is 109 Å². The summed E-state index contributed by atoms with van der Waals surface area (Å²) in [6, 6.07) is 9.92. The van der Waals surface area contributed by atoms with E-state index in [1.165, 1.54) is 18.6 Å². The predicted octanol–water partition coefficient (Wildman–Crippen LogP) is 4.84. The Bertz CT molecular complexity index is 1070. The second-order valence-electron chi connectivity index (χ2n) is 7.60.